The minimum absolute atomic E-state index is 0.0243. The van der Waals surface area contributed by atoms with E-state index < -0.39 is 12.0 Å². The van der Waals surface area contributed by atoms with Crippen LogP contribution in [-0.4, -0.2) is 46.6 Å². The molecule has 0 spiro atoms. The number of hydrogen-bond acceptors (Lipinski definition) is 3. The lowest BCUT2D eigenvalue weighted by Crippen LogP contribution is -2.49. The van der Waals surface area contributed by atoms with Crippen molar-refractivity contribution >= 4 is 11.9 Å². The lowest BCUT2D eigenvalue weighted by atomic mass is 9.86. The van der Waals surface area contributed by atoms with Gasteiger partial charge in [0.15, 0.2) is 0 Å². The first-order chi connectivity index (χ1) is 9.49. The standard InChI is InChI=1S/C15H26N2O3/c1-10-5-3-4-6-13(10)16-14(18)9-17(12-7-8-12)11(2)15(19)20/h10-13H,3-9H2,1-2H3,(H,16,18)(H,19,20). The molecule has 0 aliphatic heterocycles. The summed E-state index contributed by atoms with van der Waals surface area (Å²) < 4.78 is 0. The molecule has 0 aromatic carbocycles. The molecule has 3 atom stereocenters. The minimum atomic E-state index is -0.851. The summed E-state index contributed by atoms with van der Waals surface area (Å²) in [4.78, 5) is 25.1. The van der Waals surface area contributed by atoms with E-state index in [9.17, 15) is 9.59 Å². The maximum atomic E-state index is 12.2. The van der Waals surface area contributed by atoms with Crippen LogP contribution < -0.4 is 5.32 Å². The Morgan fingerprint density at radius 2 is 1.90 bits per heavy atom. The maximum Gasteiger partial charge on any atom is 0.320 e. The Hall–Kier alpha value is -1.10. The molecule has 0 aromatic rings. The molecule has 2 saturated carbocycles. The van der Waals surface area contributed by atoms with E-state index in [2.05, 4.69) is 12.2 Å². The van der Waals surface area contributed by atoms with Crippen molar-refractivity contribution in [1.29, 1.82) is 0 Å². The van der Waals surface area contributed by atoms with E-state index in [0.717, 1.165) is 19.3 Å². The highest BCUT2D eigenvalue weighted by Gasteiger charge is 2.36. The molecule has 0 radical (unpaired) electrons. The van der Waals surface area contributed by atoms with Crippen LogP contribution in [0.25, 0.3) is 0 Å². The zero-order chi connectivity index (χ0) is 14.7. The molecule has 2 aliphatic carbocycles. The Morgan fingerprint density at radius 3 is 2.45 bits per heavy atom. The number of rotatable bonds is 6. The van der Waals surface area contributed by atoms with Gasteiger partial charge in [-0.3, -0.25) is 14.5 Å². The van der Waals surface area contributed by atoms with E-state index >= 15 is 0 Å². The number of aliphatic carboxylic acids is 1. The predicted octanol–water partition coefficient (Wildman–Crippen LogP) is 1.62. The Morgan fingerprint density at radius 1 is 1.25 bits per heavy atom. The number of hydrogen-bond donors (Lipinski definition) is 2. The average molecular weight is 282 g/mol. The second kappa shape index (κ2) is 6.57. The van der Waals surface area contributed by atoms with Gasteiger partial charge in [-0.1, -0.05) is 19.8 Å². The summed E-state index contributed by atoms with van der Waals surface area (Å²) >= 11 is 0. The van der Waals surface area contributed by atoms with Gasteiger partial charge >= 0.3 is 5.97 Å². The van der Waals surface area contributed by atoms with E-state index in [1.54, 1.807) is 6.92 Å². The van der Waals surface area contributed by atoms with Gasteiger partial charge in [-0.15, -0.1) is 0 Å². The number of carboxylic acid groups (broad SMARTS) is 1. The Labute approximate surface area is 120 Å². The number of carbonyl (C=O) groups is 2. The number of nitrogens with one attached hydrogen (secondary N) is 1. The fourth-order valence-electron chi connectivity index (χ4n) is 3.08. The fraction of sp³-hybridized carbons (Fsp3) is 0.867. The highest BCUT2D eigenvalue weighted by molar-refractivity contribution is 5.80. The number of carbonyl (C=O) groups excluding carboxylic acids is 1. The predicted molar refractivity (Wildman–Crippen MR) is 76.4 cm³/mol. The summed E-state index contributed by atoms with van der Waals surface area (Å²) in [5, 5.41) is 12.2. The molecule has 114 valence electrons. The Balaban J connectivity index is 1.86. The molecule has 1 amide bonds. The fourth-order valence-corrected chi connectivity index (χ4v) is 3.08. The van der Waals surface area contributed by atoms with Crippen molar-refractivity contribution in [2.24, 2.45) is 5.92 Å². The molecule has 2 aliphatic rings. The van der Waals surface area contributed by atoms with E-state index in [4.69, 9.17) is 5.11 Å². The van der Waals surface area contributed by atoms with Gasteiger partial charge < -0.3 is 10.4 Å². The van der Waals surface area contributed by atoms with E-state index in [-0.39, 0.29) is 24.5 Å². The van der Waals surface area contributed by atoms with Crippen LogP contribution in [0.1, 0.15) is 52.4 Å². The molecule has 0 bridgehead atoms. The van der Waals surface area contributed by atoms with E-state index in [1.807, 2.05) is 4.90 Å². The van der Waals surface area contributed by atoms with Gasteiger partial charge in [0.1, 0.15) is 6.04 Å². The summed E-state index contributed by atoms with van der Waals surface area (Å²) in [6, 6.07) is -0.0508. The second-order valence-corrected chi connectivity index (χ2v) is 6.35. The lowest BCUT2D eigenvalue weighted by Gasteiger charge is -2.31. The maximum absolute atomic E-state index is 12.2. The van der Waals surface area contributed by atoms with Crippen LogP contribution in [0.5, 0.6) is 0 Å². The minimum Gasteiger partial charge on any atom is -0.480 e. The van der Waals surface area contributed by atoms with Crippen molar-refractivity contribution < 1.29 is 14.7 Å². The molecule has 5 nitrogen and oxygen atoms in total. The van der Waals surface area contributed by atoms with Crippen LogP contribution in [0, 0.1) is 5.92 Å². The summed E-state index contributed by atoms with van der Waals surface area (Å²) in [5.74, 6) is -0.349. The largest absolute Gasteiger partial charge is 0.480 e. The van der Waals surface area contributed by atoms with E-state index in [0.29, 0.717) is 5.92 Å². The van der Waals surface area contributed by atoms with Crippen LogP contribution in [0.2, 0.25) is 0 Å². The van der Waals surface area contributed by atoms with Crippen molar-refractivity contribution in [2.75, 3.05) is 6.54 Å². The van der Waals surface area contributed by atoms with Gasteiger partial charge in [-0.25, -0.2) is 0 Å². The highest BCUT2D eigenvalue weighted by atomic mass is 16.4. The van der Waals surface area contributed by atoms with Crippen molar-refractivity contribution in [3.63, 3.8) is 0 Å². The first-order valence-corrected chi connectivity index (χ1v) is 7.77. The van der Waals surface area contributed by atoms with Gasteiger partial charge in [0.2, 0.25) is 5.91 Å². The molecule has 0 heterocycles. The third kappa shape index (κ3) is 3.95. The molecular weight excluding hydrogens is 256 g/mol. The van der Waals surface area contributed by atoms with Crippen LogP contribution in [-0.2, 0) is 9.59 Å². The number of amides is 1. The molecule has 2 N–H and O–H groups in total. The Kier molecular flexibility index (Phi) is 5.02. The first-order valence-electron chi connectivity index (χ1n) is 7.77. The summed E-state index contributed by atoms with van der Waals surface area (Å²) in [7, 11) is 0. The van der Waals surface area contributed by atoms with Gasteiger partial charge in [0.05, 0.1) is 6.54 Å². The lowest BCUT2D eigenvalue weighted by molar-refractivity contribution is -0.143. The quantitative estimate of drug-likeness (QED) is 0.776. The molecule has 0 saturated heterocycles. The van der Waals surface area contributed by atoms with Crippen molar-refractivity contribution in [3.05, 3.63) is 0 Å². The highest BCUT2D eigenvalue weighted by Crippen LogP contribution is 2.28. The third-order valence-corrected chi connectivity index (χ3v) is 4.65. The molecule has 2 rings (SSSR count). The van der Waals surface area contributed by atoms with Crippen molar-refractivity contribution in [3.8, 4) is 0 Å². The van der Waals surface area contributed by atoms with Gasteiger partial charge in [-0.05, 0) is 38.5 Å². The molecule has 20 heavy (non-hydrogen) atoms. The molecule has 5 heteroatoms. The molecule has 0 aromatic heterocycles. The molecular formula is C15H26N2O3. The van der Waals surface area contributed by atoms with E-state index in [1.165, 1.54) is 19.3 Å². The second-order valence-electron chi connectivity index (χ2n) is 6.35. The van der Waals surface area contributed by atoms with Crippen molar-refractivity contribution in [1.82, 2.24) is 10.2 Å². The smallest absolute Gasteiger partial charge is 0.320 e. The topological polar surface area (TPSA) is 69.6 Å². The summed E-state index contributed by atoms with van der Waals surface area (Å²) in [6.07, 6.45) is 6.65. The molecule has 3 unspecified atom stereocenters. The van der Waals surface area contributed by atoms with Crippen LogP contribution in [0.15, 0.2) is 0 Å². The van der Waals surface area contributed by atoms with Crippen LogP contribution in [0.4, 0.5) is 0 Å². The Bertz CT molecular complexity index is 368. The monoisotopic (exact) mass is 282 g/mol. The van der Waals surface area contributed by atoms with Gasteiger partial charge in [0.25, 0.3) is 0 Å². The van der Waals surface area contributed by atoms with Gasteiger partial charge in [0, 0.05) is 12.1 Å². The van der Waals surface area contributed by atoms with Crippen LogP contribution >= 0.6 is 0 Å². The van der Waals surface area contributed by atoms with Crippen molar-refractivity contribution in [2.45, 2.75) is 70.5 Å². The van der Waals surface area contributed by atoms with Crippen LogP contribution in [0.3, 0.4) is 0 Å². The normalized spacial score (nSPS) is 28.1. The average Bonchev–Trinajstić information content (AvgIpc) is 3.22. The number of carboxylic acids is 1. The zero-order valence-electron chi connectivity index (χ0n) is 12.5. The third-order valence-electron chi connectivity index (χ3n) is 4.65. The molecule has 2 fully saturated rings. The van der Waals surface area contributed by atoms with Gasteiger partial charge in [-0.2, -0.15) is 0 Å². The summed E-state index contributed by atoms with van der Waals surface area (Å²) in [6.45, 7) is 4.06. The number of nitrogens with zero attached hydrogens (tertiary/aromatic N) is 1. The zero-order valence-corrected chi connectivity index (χ0v) is 12.5. The SMILES string of the molecule is CC1CCCCC1NC(=O)CN(C1CC1)C(C)C(=O)O. The first kappa shape index (κ1) is 15.3. The summed E-state index contributed by atoms with van der Waals surface area (Å²) in [5.41, 5.74) is 0.